The van der Waals surface area contributed by atoms with Gasteiger partial charge in [-0.05, 0) is 54.6 Å². The van der Waals surface area contributed by atoms with Crippen molar-refractivity contribution in [3.63, 3.8) is 0 Å². The molecule has 0 bridgehead atoms. The van der Waals surface area contributed by atoms with Crippen LogP contribution in [0.25, 0.3) is 47.8 Å². The molecule has 3 aromatic carbocycles. The Hall–Kier alpha value is -3.35. The highest BCUT2D eigenvalue weighted by Gasteiger charge is 2.14. The van der Waals surface area contributed by atoms with Crippen molar-refractivity contribution in [3.05, 3.63) is 79.0 Å². The number of aromatic nitrogens is 2. The molecule has 0 spiro atoms. The van der Waals surface area contributed by atoms with Gasteiger partial charge in [0.2, 0.25) is 0 Å². The molecule has 3 aromatic heterocycles. The highest BCUT2D eigenvalue weighted by atomic mass is 32.1. The third-order valence-electron chi connectivity index (χ3n) is 5.34. The summed E-state index contributed by atoms with van der Waals surface area (Å²) in [5, 5.41) is 12.5. The molecule has 3 heterocycles. The first kappa shape index (κ1) is 16.6. The SMILES string of the molecule is OBOc1ccc2c(c1)c1ccccc1n2-c1ccc2sc3cccnc3c2c1. The maximum absolute atomic E-state index is 9.12. The number of thiophene rings is 1. The molecule has 0 amide bonds. The molecular formula is C23H15BN2O2S. The lowest BCUT2D eigenvalue weighted by Gasteiger charge is -2.09. The zero-order valence-corrected chi connectivity index (χ0v) is 16.2. The number of para-hydroxylation sites is 1. The summed E-state index contributed by atoms with van der Waals surface area (Å²) in [6, 6.07) is 25.0. The van der Waals surface area contributed by atoms with E-state index >= 15 is 0 Å². The Kier molecular flexibility index (Phi) is 3.63. The number of pyridine rings is 1. The normalized spacial score (nSPS) is 11.6. The predicted molar refractivity (Wildman–Crippen MR) is 121 cm³/mol. The van der Waals surface area contributed by atoms with Gasteiger partial charge in [-0.15, -0.1) is 11.3 Å². The fourth-order valence-electron chi connectivity index (χ4n) is 4.12. The van der Waals surface area contributed by atoms with Gasteiger partial charge >= 0.3 is 7.69 Å². The van der Waals surface area contributed by atoms with Crippen LogP contribution < -0.4 is 4.65 Å². The van der Waals surface area contributed by atoms with Gasteiger partial charge in [0.1, 0.15) is 5.75 Å². The van der Waals surface area contributed by atoms with Crippen LogP contribution in [0.3, 0.4) is 0 Å². The molecule has 0 fully saturated rings. The highest BCUT2D eigenvalue weighted by molar-refractivity contribution is 7.25. The molecule has 6 heteroatoms. The smallest absolute Gasteiger partial charge is 0.504 e. The van der Waals surface area contributed by atoms with Gasteiger partial charge in [-0.25, -0.2) is 0 Å². The molecule has 4 nitrogen and oxygen atoms in total. The lowest BCUT2D eigenvalue weighted by atomic mass is 10.1. The van der Waals surface area contributed by atoms with E-state index in [0.717, 1.165) is 33.0 Å². The Morgan fingerprint density at radius 1 is 0.828 bits per heavy atom. The second kappa shape index (κ2) is 6.34. The summed E-state index contributed by atoms with van der Waals surface area (Å²) in [6.45, 7) is 0. The van der Waals surface area contributed by atoms with Crippen LogP contribution in [-0.4, -0.2) is 22.3 Å². The number of rotatable bonds is 3. The van der Waals surface area contributed by atoms with E-state index in [1.807, 2.05) is 30.5 Å². The Bertz CT molecular complexity index is 1540. The van der Waals surface area contributed by atoms with Crippen molar-refractivity contribution in [3.8, 4) is 11.4 Å². The van der Waals surface area contributed by atoms with Crippen LogP contribution in [0.1, 0.15) is 0 Å². The van der Waals surface area contributed by atoms with Crippen LogP contribution in [0.2, 0.25) is 0 Å². The molecule has 6 rings (SSSR count). The Morgan fingerprint density at radius 3 is 2.66 bits per heavy atom. The van der Waals surface area contributed by atoms with E-state index in [2.05, 4.69) is 58.1 Å². The van der Waals surface area contributed by atoms with E-state index in [1.165, 1.54) is 14.8 Å². The van der Waals surface area contributed by atoms with Crippen LogP contribution in [-0.2, 0) is 0 Å². The average molecular weight is 394 g/mol. The fraction of sp³-hybridized carbons (Fsp3) is 0. The van der Waals surface area contributed by atoms with Gasteiger partial charge in [0, 0.05) is 32.7 Å². The second-order valence-corrected chi connectivity index (χ2v) is 8.02. The van der Waals surface area contributed by atoms with Crippen LogP contribution >= 0.6 is 11.3 Å². The van der Waals surface area contributed by atoms with E-state index in [0.29, 0.717) is 5.75 Å². The van der Waals surface area contributed by atoms with Crippen LogP contribution in [0.4, 0.5) is 0 Å². The van der Waals surface area contributed by atoms with Crippen LogP contribution in [0.5, 0.6) is 5.75 Å². The zero-order valence-electron chi connectivity index (χ0n) is 15.4. The molecule has 0 atom stereocenters. The summed E-state index contributed by atoms with van der Waals surface area (Å²) < 4.78 is 10.0. The summed E-state index contributed by atoms with van der Waals surface area (Å²) in [4.78, 5) is 4.61. The van der Waals surface area contributed by atoms with Gasteiger partial charge in [0.05, 0.1) is 21.3 Å². The summed E-state index contributed by atoms with van der Waals surface area (Å²) in [5.74, 6) is 0.659. The molecule has 1 N–H and O–H groups in total. The predicted octanol–water partition coefficient (Wildman–Crippen LogP) is 5.18. The highest BCUT2D eigenvalue weighted by Crippen LogP contribution is 2.37. The lowest BCUT2D eigenvalue weighted by Crippen LogP contribution is -1.99. The monoisotopic (exact) mass is 394 g/mol. The summed E-state index contributed by atoms with van der Waals surface area (Å²) in [5.41, 5.74) is 4.39. The largest absolute Gasteiger partial charge is 0.539 e. The van der Waals surface area contributed by atoms with Gasteiger partial charge in [-0.3, -0.25) is 4.98 Å². The maximum Gasteiger partial charge on any atom is 0.504 e. The molecule has 0 aliphatic heterocycles. The molecule has 0 aliphatic carbocycles. The minimum absolute atomic E-state index is 0.334. The summed E-state index contributed by atoms with van der Waals surface area (Å²) >= 11 is 1.77. The molecule has 0 saturated heterocycles. The molecule has 0 aliphatic rings. The van der Waals surface area contributed by atoms with Gasteiger partial charge < -0.3 is 14.2 Å². The molecule has 138 valence electrons. The second-order valence-electron chi connectivity index (χ2n) is 6.94. The number of fused-ring (bicyclic) bond motifs is 6. The number of benzene rings is 3. The molecule has 29 heavy (non-hydrogen) atoms. The van der Waals surface area contributed by atoms with Crippen LogP contribution in [0.15, 0.2) is 79.0 Å². The fourth-order valence-corrected chi connectivity index (χ4v) is 5.16. The van der Waals surface area contributed by atoms with E-state index in [9.17, 15) is 0 Å². The van der Waals surface area contributed by atoms with E-state index in [4.69, 9.17) is 9.68 Å². The maximum atomic E-state index is 9.12. The Morgan fingerprint density at radius 2 is 1.72 bits per heavy atom. The first-order valence-corrected chi connectivity index (χ1v) is 10.2. The molecule has 0 saturated carbocycles. The molecule has 0 radical (unpaired) electrons. The van der Waals surface area contributed by atoms with Crippen molar-refractivity contribution in [2.75, 3.05) is 0 Å². The summed E-state index contributed by atoms with van der Waals surface area (Å²) in [7, 11) is -0.334. The standard InChI is InChI=1S/C23H15BN2O2S/c27-24-28-15-8-9-20-17(13-15)16-4-1-2-5-19(16)26(20)14-7-10-21-18(12-14)23-22(29-21)6-3-11-25-23/h1-13,24,27H. The molecule has 0 unspecified atom stereocenters. The first-order valence-electron chi connectivity index (χ1n) is 9.38. The minimum Gasteiger partial charge on any atom is -0.539 e. The van der Waals surface area contributed by atoms with E-state index < -0.39 is 0 Å². The van der Waals surface area contributed by atoms with Gasteiger partial charge in [0.25, 0.3) is 0 Å². The molecule has 6 aromatic rings. The van der Waals surface area contributed by atoms with Crippen molar-refractivity contribution in [2.24, 2.45) is 0 Å². The van der Waals surface area contributed by atoms with Gasteiger partial charge in [-0.2, -0.15) is 0 Å². The van der Waals surface area contributed by atoms with Gasteiger partial charge in [-0.1, -0.05) is 18.2 Å². The summed E-state index contributed by atoms with van der Waals surface area (Å²) in [6.07, 6.45) is 1.85. The van der Waals surface area contributed by atoms with Crippen molar-refractivity contribution >= 4 is 61.1 Å². The lowest BCUT2D eigenvalue weighted by molar-refractivity contribution is 0.454. The third-order valence-corrected chi connectivity index (χ3v) is 6.47. The van der Waals surface area contributed by atoms with E-state index in [-0.39, 0.29) is 7.69 Å². The van der Waals surface area contributed by atoms with Crippen molar-refractivity contribution in [1.29, 1.82) is 0 Å². The van der Waals surface area contributed by atoms with Crippen molar-refractivity contribution in [2.45, 2.75) is 0 Å². The van der Waals surface area contributed by atoms with Crippen molar-refractivity contribution in [1.82, 2.24) is 9.55 Å². The average Bonchev–Trinajstić information content (AvgIpc) is 3.29. The number of hydrogen-bond acceptors (Lipinski definition) is 4. The van der Waals surface area contributed by atoms with Crippen molar-refractivity contribution < 1.29 is 9.68 Å². The minimum atomic E-state index is -0.334. The third kappa shape index (κ3) is 2.46. The first-order chi connectivity index (χ1) is 14.3. The van der Waals surface area contributed by atoms with E-state index in [1.54, 1.807) is 11.3 Å². The quantitative estimate of drug-likeness (QED) is 0.421. The number of nitrogens with zero attached hydrogens (tertiary/aromatic N) is 2. The van der Waals surface area contributed by atoms with Gasteiger partial charge in [0.15, 0.2) is 0 Å². The Balaban J connectivity index is 1.68. The Labute approximate surface area is 170 Å². The number of hydrogen-bond donors (Lipinski definition) is 1. The van der Waals surface area contributed by atoms with Crippen LogP contribution in [0, 0.1) is 0 Å². The zero-order chi connectivity index (χ0) is 19.4. The topological polar surface area (TPSA) is 47.3 Å². The molecular weight excluding hydrogens is 379 g/mol.